The molecular weight excluding hydrogens is 451 g/mol. The fraction of sp³-hybridized carbons (Fsp3) is 0.818. The van der Waals surface area contributed by atoms with Gasteiger partial charge in [-0.2, -0.15) is 13.2 Å². The van der Waals surface area contributed by atoms with E-state index in [1.807, 2.05) is 0 Å². The van der Waals surface area contributed by atoms with Crippen molar-refractivity contribution in [1.29, 1.82) is 0 Å². The normalized spacial score (nSPS) is 22.6. The maximum atomic E-state index is 12.3. The number of fused-ring (bicyclic) bond motifs is 1. The maximum Gasteiger partial charge on any atom is 0.389 e. The lowest BCUT2D eigenvalue weighted by Gasteiger charge is -2.30. The summed E-state index contributed by atoms with van der Waals surface area (Å²) in [5.41, 5.74) is 0.956. The second-order valence-electron chi connectivity index (χ2n) is 8.93. The zero-order valence-corrected chi connectivity index (χ0v) is 19.0. The van der Waals surface area contributed by atoms with E-state index in [1.165, 1.54) is 11.3 Å². The highest BCUT2D eigenvalue weighted by Crippen LogP contribution is 2.34. The molecule has 0 bridgehead atoms. The van der Waals surface area contributed by atoms with E-state index in [2.05, 4.69) is 9.88 Å². The molecule has 0 unspecified atom stereocenters. The molecule has 1 saturated carbocycles. The van der Waals surface area contributed by atoms with Crippen LogP contribution in [0.4, 0.5) is 22.0 Å². The molecule has 0 N–H and O–H groups in total. The van der Waals surface area contributed by atoms with Crippen molar-refractivity contribution in [3.8, 4) is 5.19 Å². The molecule has 1 aliphatic heterocycles. The number of nitrogens with zero attached hydrogens (tertiary/aromatic N) is 2. The first-order valence-corrected chi connectivity index (χ1v) is 12.2. The van der Waals surface area contributed by atoms with Crippen molar-refractivity contribution in [2.75, 3.05) is 26.2 Å². The topological polar surface area (TPSA) is 42.4 Å². The molecule has 1 fully saturated rings. The third kappa shape index (κ3) is 8.57. The molecule has 182 valence electrons. The highest BCUT2D eigenvalue weighted by Gasteiger charge is 2.29. The largest absolute Gasteiger partial charge is 0.464 e. The van der Waals surface area contributed by atoms with Crippen molar-refractivity contribution < 1.29 is 31.5 Å². The van der Waals surface area contributed by atoms with Gasteiger partial charge in [0.25, 0.3) is 11.6 Å². The average molecular weight is 483 g/mol. The van der Waals surface area contributed by atoms with E-state index in [0.29, 0.717) is 11.1 Å². The molecule has 2 aliphatic rings. The molecule has 0 spiro atoms. The molecule has 2 heterocycles. The van der Waals surface area contributed by atoms with Crippen LogP contribution in [0.2, 0.25) is 0 Å². The predicted molar refractivity (Wildman–Crippen MR) is 112 cm³/mol. The number of carbonyl (C=O) groups is 1. The minimum atomic E-state index is -4.26. The predicted octanol–water partition coefficient (Wildman–Crippen LogP) is 5.69. The third-order valence-electron chi connectivity index (χ3n) is 6.43. The summed E-state index contributed by atoms with van der Waals surface area (Å²) in [7, 11) is 0. The fourth-order valence-electron chi connectivity index (χ4n) is 4.60. The van der Waals surface area contributed by atoms with Gasteiger partial charge in [0.15, 0.2) is 6.61 Å². The Kier molecular flexibility index (Phi) is 9.28. The van der Waals surface area contributed by atoms with Crippen LogP contribution in [0.3, 0.4) is 0 Å². The smallest absolute Gasteiger partial charge is 0.389 e. The van der Waals surface area contributed by atoms with Crippen molar-refractivity contribution in [2.24, 2.45) is 11.8 Å². The number of hydrogen-bond donors (Lipinski definition) is 0. The second-order valence-corrected chi connectivity index (χ2v) is 9.97. The number of hydrogen-bond acceptors (Lipinski definition) is 5. The van der Waals surface area contributed by atoms with Gasteiger partial charge in [-0.25, -0.2) is 13.8 Å². The van der Waals surface area contributed by atoms with Crippen LogP contribution in [0.25, 0.3) is 0 Å². The van der Waals surface area contributed by atoms with Crippen LogP contribution in [-0.2, 0) is 17.6 Å². The minimum absolute atomic E-state index is 0.230. The first-order chi connectivity index (χ1) is 15.2. The van der Waals surface area contributed by atoms with Crippen LogP contribution < -0.4 is 4.74 Å². The van der Waals surface area contributed by atoms with Crippen LogP contribution in [0.5, 0.6) is 5.19 Å². The van der Waals surface area contributed by atoms with Crippen molar-refractivity contribution in [3.63, 3.8) is 0 Å². The number of aromatic nitrogens is 1. The number of halogens is 5. The summed E-state index contributed by atoms with van der Waals surface area (Å²) in [5, 5.41) is 0.331. The first-order valence-electron chi connectivity index (χ1n) is 11.4. The summed E-state index contributed by atoms with van der Waals surface area (Å²) in [4.78, 5) is 19.7. The van der Waals surface area contributed by atoms with Crippen LogP contribution >= 0.6 is 11.3 Å². The van der Waals surface area contributed by atoms with Gasteiger partial charge < -0.3 is 9.64 Å². The molecule has 0 radical (unpaired) electrons. The number of rotatable bonds is 10. The lowest BCUT2D eigenvalue weighted by molar-refractivity contribution is -0.143. The van der Waals surface area contributed by atoms with E-state index in [0.717, 1.165) is 75.2 Å². The Bertz CT molecular complexity index is 707. The van der Waals surface area contributed by atoms with Crippen molar-refractivity contribution in [2.45, 2.75) is 76.8 Å². The second kappa shape index (κ2) is 11.7. The first kappa shape index (κ1) is 25.3. The van der Waals surface area contributed by atoms with E-state index < -0.39 is 32.1 Å². The zero-order chi connectivity index (χ0) is 23.1. The Morgan fingerprint density at radius 1 is 1.12 bits per heavy atom. The van der Waals surface area contributed by atoms with Crippen LogP contribution in [0.1, 0.15) is 61.9 Å². The van der Waals surface area contributed by atoms with Crippen LogP contribution in [-0.4, -0.2) is 54.5 Å². The van der Waals surface area contributed by atoms with Gasteiger partial charge >= 0.3 is 6.18 Å². The van der Waals surface area contributed by atoms with Gasteiger partial charge in [0.1, 0.15) is 5.78 Å². The minimum Gasteiger partial charge on any atom is -0.464 e. The molecule has 1 aromatic heterocycles. The molecule has 0 aromatic carbocycles. The highest BCUT2D eigenvalue weighted by atomic mass is 32.1. The summed E-state index contributed by atoms with van der Waals surface area (Å²) in [6.07, 6.45) is -1.25. The number of ketones is 1. The van der Waals surface area contributed by atoms with E-state index in [9.17, 15) is 26.7 Å². The lowest BCUT2D eigenvalue weighted by atomic mass is 9.78. The number of ether oxygens (including phenoxy) is 1. The molecule has 10 heteroatoms. The number of Topliss-reactive ketones (excluding diaryl/α,β-unsaturated/α-hetero) is 1. The molecule has 0 atom stereocenters. The third-order valence-corrected chi connectivity index (χ3v) is 7.50. The van der Waals surface area contributed by atoms with E-state index in [4.69, 9.17) is 4.74 Å². The number of alkyl halides is 5. The van der Waals surface area contributed by atoms with Crippen molar-refractivity contribution in [3.05, 3.63) is 10.6 Å². The van der Waals surface area contributed by atoms with Gasteiger partial charge in [-0.15, -0.1) is 0 Å². The Morgan fingerprint density at radius 3 is 2.50 bits per heavy atom. The molecule has 4 nitrogen and oxygen atoms in total. The van der Waals surface area contributed by atoms with Gasteiger partial charge in [0.05, 0.1) is 12.1 Å². The van der Waals surface area contributed by atoms with Crippen molar-refractivity contribution in [1.82, 2.24) is 9.88 Å². The molecule has 0 saturated heterocycles. The van der Waals surface area contributed by atoms with E-state index in [1.54, 1.807) is 0 Å². The number of carbonyl (C=O) groups excluding carboxylic acids is 1. The Morgan fingerprint density at radius 2 is 1.81 bits per heavy atom. The summed E-state index contributed by atoms with van der Waals surface area (Å²) in [6, 6.07) is 0. The SMILES string of the molecule is O=C(CCC(F)(F)F)CC1CCC(CCN2CCc3nc(OCC(F)F)sc3CC2)CC1. The van der Waals surface area contributed by atoms with E-state index in [-0.39, 0.29) is 18.1 Å². The van der Waals surface area contributed by atoms with Crippen LogP contribution in [0.15, 0.2) is 0 Å². The summed E-state index contributed by atoms with van der Waals surface area (Å²) in [5.74, 6) is 0.564. The molecule has 1 aromatic rings. The Labute approximate surface area is 189 Å². The zero-order valence-electron chi connectivity index (χ0n) is 18.1. The summed E-state index contributed by atoms with van der Waals surface area (Å²) >= 11 is 1.37. The molecule has 3 rings (SSSR count). The van der Waals surface area contributed by atoms with Gasteiger partial charge in [0, 0.05) is 37.2 Å². The van der Waals surface area contributed by atoms with E-state index >= 15 is 0 Å². The Hall–Kier alpha value is -1.29. The molecule has 1 aliphatic carbocycles. The van der Waals surface area contributed by atoms with Crippen molar-refractivity contribution >= 4 is 17.1 Å². The molecule has 32 heavy (non-hydrogen) atoms. The standard InChI is InChI=1S/C22H31F5N2O2S/c23-20(24)14-31-21-28-18-7-11-29(12-8-19(18)32-21)10-6-15-1-3-16(4-2-15)13-17(30)5-9-22(25,26)27/h15-16,20H,1-14H2. The summed E-state index contributed by atoms with van der Waals surface area (Å²) < 4.78 is 66.4. The molecular formula is C22H31F5N2O2S. The maximum absolute atomic E-state index is 12.3. The lowest BCUT2D eigenvalue weighted by Crippen LogP contribution is -2.30. The van der Waals surface area contributed by atoms with Gasteiger partial charge in [-0.05, 0) is 44.1 Å². The fourth-order valence-corrected chi connectivity index (χ4v) is 5.55. The quantitative estimate of drug-likeness (QED) is 0.402. The average Bonchev–Trinajstić information content (AvgIpc) is 3.03. The highest BCUT2D eigenvalue weighted by molar-refractivity contribution is 7.13. The molecule has 0 amide bonds. The Balaban J connectivity index is 1.32. The van der Waals surface area contributed by atoms with Gasteiger partial charge in [-0.3, -0.25) is 4.79 Å². The van der Waals surface area contributed by atoms with Crippen LogP contribution in [0, 0.1) is 11.8 Å². The monoisotopic (exact) mass is 482 g/mol. The van der Waals surface area contributed by atoms with Gasteiger partial charge in [-0.1, -0.05) is 24.2 Å². The number of thiazole rings is 1. The van der Waals surface area contributed by atoms with Gasteiger partial charge in [0.2, 0.25) is 0 Å². The summed E-state index contributed by atoms with van der Waals surface area (Å²) in [6.45, 7) is 2.16.